The van der Waals surface area contributed by atoms with Gasteiger partial charge < -0.3 is 15.2 Å². The predicted octanol–water partition coefficient (Wildman–Crippen LogP) is 0.926. The Kier molecular flexibility index (Phi) is 5.56. The molecule has 0 radical (unpaired) electrons. The van der Waals surface area contributed by atoms with Gasteiger partial charge in [0.2, 0.25) is 5.91 Å². The average Bonchev–Trinajstić information content (AvgIpc) is 2.63. The number of hydrogen-bond acceptors (Lipinski definition) is 4. The van der Waals surface area contributed by atoms with E-state index in [1.165, 1.54) is 0 Å². The van der Waals surface area contributed by atoms with Gasteiger partial charge in [-0.25, -0.2) is 4.79 Å². The molecule has 7 heteroatoms. The highest BCUT2D eigenvalue weighted by atomic mass is 16.2. The highest BCUT2D eigenvalue weighted by molar-refractivity contribution is 5.78. The molecule has 2 aromatic rings. The van der Waals surface area contributed by atoms with Crippen molar-refractivity contribution in [2.45, 2.75) is 39.3 Å². The molecule has 1 aliphatic heterocycles. The second-order valence-electron chi connectivity index (χ2n) is 7.27. The van der Waals surface area contributed by atoms with Gasteiger partial charge in [0.15, 0.2) is 0 Å². The van der Waals surface area contributed by atoms with Gasteiger partial charge in [0.05, 0.1) is 10.9 Å². The van der Waals surface area contributed by atoms with Crippen molar-refractivity contribution >= 4 is 16.8 Å². The summed E-state index contributed by atoms with van der Waals surface area (Å²) in [6.45, 7) is 6.74. The van der Waals surface area contributed by atoms with E-state index in [1.807, 2.05) is 0 Å². The summed E-state index contributed by atoms with van der Waals surface area (Å²) in [7, 11) is 0. The number of para-hydroxylation sites is 1. The summed E-state index contributed by atoms with van der Waals surface area (Å²) in [5.41, 5.74) is -0.522. The SMILES string of the molecule is CC(C)N1CCC[C@@H](CNC(=O)Cn2c(=O)[nH]c3ccccc3c2=O)C1. The van der Waals surface area contributed by atoms with Crippen LogP contribution in [0.1, 0.15) is 26.7 Å². The van der Waals surface area contributed by atoms with Gasteiger partial charge in [-0.3, -0.25) is 14.2 Å². The van der Waals surface area contributed by atoms with Crippen LogP contribution in [-0.4, -0.2) is 46.0 Å². The van der Waals surface area contributed by atoms with Crippen LogP contribution in [0.2, 0.25) is 0 Å². The van der Waals surface area contributed by atoms with Crippen molar-refractivity contribution in [3.63, 3.8) is 0 Å². The Morgan fingerprint density at radius 1 is 1.31 bits per heavy atom. The van der Waals surface area contributed by atoms with E-state index in [2.05, 4.69) is 29.0 Å². The van der Waals surface area contributed by atoms with Crippen LogP contribution in [0.4, 0.5) is 0 Å². The Morgan fingerprint density at radius 2 is 2.08 bits per heavy atom. The molecule has 26 heavy (non-hydrogen) atoms. The fraction of sp³-hybridized carbons (Fsp3) is 0.526. The van der Waals surface area contributed by atoms with Crippen molar-refractivity contribution in [2.24, 2.45) is 5.92 Å². The summed E-state index contributed by atoms with van der Waals surface area (Å²) in [6, 6.07) is 7.30. The highest BCUT2D eigenvalue weighted by Crippen LogP contribution is 2.17. The molecular weight excluding hydrogens is 332 g/mol. The van der Waals surface area contributed by atoms with E-state index in [1.54, 1.807) is 24.3 Å². The largest absolute Gasteiger partial charge is 0.354 e. The van der Waals surface area contributed by atoms with E-state index in [-0.39, 0.29) is 12.5 Å². The monoisotopic (exact) mass is 358 g/mol. The Morgan fingerprint density at radius 3 is 2.85 bits per heavy atom. The number of carbonyl (C=O) groups is 1. The minimum Gasteiger partial charge on any atom is -0.354 e. The minimum absolute atomic E-state index is 0.264. The van der Waals surface area contributed by atoms with E-state index in [0.717, 1.165) is 30.5 Å². The lowest BCUT2D eigenvalue weighted by atomic mass is 9.97. The maximum atomic E-state index is 12.5. The minimum atomic E-state index is -0.563. The molecule has 7 nitrogen and oxygen atoms in total. The van der Waals surface area contributed by atoms with Crippen molar-refractivity contribution in [1.29, 1.82) is 0 Å². The molecule has 1 aromatic heterocycles. The van der Waals surface area contributed by atoms with Gasteiger partial charge in [-0.15, -0.1) is 0 Å². The number of benzene rings is 1. The number of amides is 1. The van der Waals surface area contributed by atoms with Crippen LogP contribution in [-0.2, 0) is 11.3 Å². The molecule has 2 heterocycles. The first-order chi connectivity index (χ1) is 12.5. The fourth-order valence-electron chi connectivity index (χ4n) is 3.53. The Hall–Kier alpha value is -2.41. The molecule has 1 amide bonds. The molecule has 0 saturated carbocycles. The number of piperidine rings is 1. The molecule has 3 rings (SSSR count). The van der Waals surface area contributed by atoms with E-state index in [0.29, 0.717) is 29.4 Å². The van der Waals surface area contributed by atoms with Crippen molar-refractivity contribution in [2.75, 3.05) is 19.6 Å². The second-order valence-corrected chi connectivity index (χ2v) is 7.27. The molecule has 1 saturated heterocycles. The topological polar surface area (TPSA) is 87.2 Å². The Bertz CT molecular complexity index is 900. The summed E-state index contributed by atoms with van der Waals surface area (Å²) in [5.74, 6) is 0.0938. The standard InChI is InChI=1S/C19H26N4O3/c1-13(2)22-9-5-6-14(11-22)10-20-17(24)12-23-18(25)15-7-3-4-8-16(15)21-19(23)26/h3-4,7-8,13-14H,5-6,9-12H2,1-2H3,(H,20,24)(H,21,26)/t14-/m0/s1. The van der Waals surface area contributed by atoms with Gasteiger partial charge in [-0.2, -0.15) is 0 Å². The number of H-pyrrole nitrogens is 1. The first-order valence-electron chi connectivity index (χ1n) is 9.18. The van der Waals surface area contributed by atoms with E-state index in [9.17, 15) is 14.4 Å². The maximum absolute atomic E-state index is 12.5. The number of carbonyl (C=O) groups excluding carboxylic acids is 1. The van der Waals surface area contributed by atoms with Gasteiger partial charge in [-0.1, -0.05) is 12.1 Å². The summed E-state index contributed by atoms with van der Waals surface area (Å²) in [6.07, 6.45) is 2.21. The zero-order chi connectivity index (χ0) is 18.7. The average molecular weight is 358 g/mol. The molecule has 0 unspecified atom stereocenters. The first kappa shape index (κ1) is 18.4. The third kappa shape index (κ3) is 4.04. The molecule has 1 atom stereocenters. The van der Waals surface area contributed by atoms with E-state index in [4.69, 9.17) is 0 Å². The van der Waals surface area contributed by atoms with Crippen LogP contribution in [0, 0.1) is 5.92 Å². The molecule has 0 bridgehead atoms. The van der Waals surface area contributed by atoms with Crippen molar-refractivity contribution in [3.05, 3.63) is 45.1 Å². The third-order valence-electron chi connectivity index (χ3n) is 5.06. The van der Waals surface area contributed by atoms with Gasteiger partial charge >= 0.3 is 5.69 Å². The van der Waals surface area contributed by atoms with Gasteiger partial charge in [0.25, 0.3) is 5.56 Å². The number of aromatic amines is 1. The zero-order valence-corrected chi connectivity index (χ0v) is 15.3. The van der Waals surface area contributed by atoms with Crippen molar-refractivity contribution < 1.29 is 4.79 Å². The number of aromatic nitrogens is 2. The summed E-state index contributed by atoms with van der Waals surface area (Å²) in [4.78, 5) is 41.9. The van der Waals surface area contributed by atoms with Gasteiger partial charge in [0, 0.05) is 19.1 Å². The Labute approximate surface area is 152 Å². The summed E-state index contributed by atoms with van der Waals surface area (Å²) < 4.78 is 0.957. The van der Waals surface area contributed by atoms with Gasteiger partial charge in [0.1, 0.15) is 6.54 Å². The number of nitrogens with one attached hydrogen (secondary N) is 2. The molecule has 0 aliphatic carbocycles. The summed E-state index contributed by atoms with van der Waals surface area (Å²) in [5, 5.41) is 3.29. The van der Waals surface area contributed by atoms with E-state index < -0.39 is 11.2 Å². The molecule has 0 spiro atoms. The summed E-state index contributed by atoms with van der Waals surface area (Å²) >= 11 is 0. The van der Waals surface area contributed by atoms with Crippen LogP contribution in [0.25, 0.3) is 10.9 Å². The third-order valence-corrected chi connectivity index (χ3v) is 5.06. The van der Waals surface area contributed by atoms with E-state index >= 15 is 0 Å². The van der Waals surface area contributed by atoms with Gasteiger partial charge in [-0.05, 0) is 51.3 Å². The molecule has 140 valence electrons. The fourth-order valence-corrected chi connectivity index (χ4v) is 3.53. The van der Waals surface area contributed by atoms with Crippen LogP contribution >= 0.6 is 0 Å². The lowest BCUT2D eigenvalue weighted by Crippen LogP contribution is -2.45. The van der Waals surface area contributed by atoms with Crippen molar-refractivity contribution in [3.8, 4) is 0 Å². The van der Waals surface area contributed by atoms with Crippen molar-refractivity contribution in [1.82, 2.24) is 19.8 Å². The van der Waals surface area contributed by atoms with Crippen LogP contribution in [0.3, 0.4) is 0 Å². The normalized spacial score (nSPS) is 18.3. The maximum Gasteiger partial charge on any atom is 0.329 e. The zero-order valence-electron chi connectivity index (χ0n) is 15.3. The number of rotatable bonds is 5. The second kappa shape index (κ2) is 7.86. The number of nitrogens with zero attached hydrogens (tertiary/aromatic N) is 2. The molecule has 1 aromatic carbocycles. The Balaban J connectivity index is 1.65. The highest BCUT2D eigenvalue weighted by Gasteiger charge is 2.22. The number of hydrogen-bond donors (Lipinski definition) is 2. The van der Waals surface area contributed by atoms with Crippen LogP contribution in [0.5, 0.6) is 0 Å². The first-order valence-corrected chi connectivity index (χ1v) is 9.18. The van der Waals surface area contributed by atoms with Crippen LogP contribution in [0.15, 0.2) is 33.9 Å². The smallest absolute Gasteiger partial charge is 0.329 e. The molecule has 2 N–H and O–H groups in total. The number of fused-ring (bicyclic) bond motifs is 1. The molecule has 1 fully saturated rings. The predicted molar refractivity (Wildman–Crippen MR) is 101 cm³/mol. The molecular formula is C19H26N4O3. The molecule has 1 aliphatic rings. The van der Waals surface area contributed by atoms with Crippen LogP contribution < -0.4 is 16.6 Å². The quantitative estimate of drug-likeness (QED) is 0.832. The number of likely N-dealkylation sites (tertiary alicyclic amines) is 1. The lowest BCUT2D eigenvalue weighted by molar-refractivity contribution is -0.122. The lowest BCUT2D eigenvalue weighted by Gasteiger charge is -2.35.